The van der Waals surface area contributed by atoms with Crippen LogP contribution in [0.1, 0.15) is 43.8 Å². The number of aliphatic hydroxyl groups excluding tert-OH is 1. The molecule has 0 aliphatic carbocycles. The van der Waals surface area contributed by atoms with Crippen molar-refractivity contribution in [1.82, 2.24) is 9.80 Å². The number of benzene rings is 1. The van der Waals surface area contributed by atoms with Crippen LogP contribution in [0.2, 0.25) is 0 Å². The van der Waals surface area contributed by atoms with Crippen LogP contribution in [0.25, 0.3) is 0 Å². The van der Waals surface area contributed by atoms with Gasteiger partial charge in [-0.2, -0.15) is 13.2 Å². The number of halogens is 3. The van der Waals surface area contributed by atoms with E-state index in [2.05, 4.69) is 0 Å². The molecule has 1 heterocycles. The average Bonchev–Trinajstić information content (AvgIpc) is 2.53. The van der Waals surface area contributed by atoms with Crippen molar-refractivity contribution in [3.63, 3.8) is 0 Å². The summed E-state index contributed by atoms with van der Waals surface area (Å²) in [6, 6.07) is 3.29. The van der Waals surface area contributed by atoms with E-state index in [-0.39, 0.29) is 17.7 Å². The number of aliphatic hydroxyl groups is 2. The van der Waals surface area contributed by atoms with Gasteiger partial charge in [-0.3, -0.25) is 4.90 Å². The number of amides is 1. The lowest BCUT2D eigenvalue weighted by molar-refractivity contribution is -0.138. The summed E-state index contributed by atoms with van der Waals surface area (Å²) in [6.45, 7) is 6.93. The summed E-state index contributed by atoms with van der Waals surface area (Å²) in [5.74, 6) is 0. The van der Waals surface area contributed by atoms with Crippen molar-refractivity contribution in [3.8, 4) is 0 Å². The maximum Gasteiger partial charge on any atom is 0.416 e. The number of hydrogen-bond donors (Lipinski definition) is 2. The Labute approximate surface area is 156 Å². The first-order valence-corrected chi connectivity index (χ1v) is 8.63. The highest BCUT2D eigenvalue weighted by atomic mass is 19.4. The van der Waals surface area contributed by atoms with Crippen molar-refractivity contribution in [2.45, 2.75) is 45.4 Å². The van der Waals surface area contributed by atoms with E-state index in [0.29, 0.717) is 26.2 Å². The average molecular weight is 390 g/mol. The highest BCUT2D eigenvalue weighted by Crippen LogP contribution is 2.34. The zero-order valence-electron chi connectivity index (χ0n) is 15.6. The molecule has 0 bridgehead atoms. The molecule has 1 amide bonds. The van der Waals surface area contributed by atoms with Crippen molar-refractivity contribution in [1.29, 1.82) is 0 Å². The fourth-order valence-corrected chi connectivity index (χ4v) is 2.81. The monoisotopic (exact) mass is 390 g/mol. The molecule has 1 aliphatic rings. The SMILES string of the molecule is CC(C)(C)OC(=O)N1CCN(Cc2ccc(C(O)O)cc2C(F)(F)F)CC1. The molecule has 27 heavy (non-hydrogen) atoms. The molecule has 1 saturated heterocycles. The van der Waals surface area contributed by atoms with Gasteiger partial charge in [0.2, 0.25) is 0 Å². The first-order valence-electron chi connectivity index (χ1n) is 8.63. The fraction of sp³-hybridized carbons (Fsp3) is 0.611. The third-order valence-corrected chi connectivity index (χ3v) is 4.16. The maximum absolute atomic E-state index is 13.3. The molecule has 0 atom stereocenters. The number of ether oxygens (including phenoxy) is 1. The van der Waals surface area contributed by atoms with E-state index in [9.17, 15) is 18.0 Å². The second kappa shape index (κ2) is 8.04. The summed E-state index contributed by atoms with van der Waals surface area (Å²) in [5.41, 5.74) is -1.64. The van der Waals surface area contributed by atoms with Gasteiger partial charge in [-0.1, -0.05) is 12.1 Å². The van der Waals surface area contributed by atoms with E-state index in [4.69, 9.17) is 14.9 Å². The Morgan fingerprint density at radius 3 is 2.22 bits per heavy atom. The lowest BCUT2D eigenvalue weighted by Gasteiger charge is -2.36. The van der Waals surface area contributed by atoms with Crippen molar-refractivity contribution in [2.24, 2.45) is 0 Å². The minimum Gasteiger partial charge on any atom is -0.444 e. The van der Waals surface area contributed by atoms with Gasteiger partial charge in [0, 0.05) is 38.3 Å². The lowest BCUT2D eigenvalue weighted by Crippen LogP contribution is -2.49. The topological polar surface area (TPSA) is 73.2 Å². The van der Waals surface area contributed by atoms with E-state index in [1.165, 1.54) is 17.0 Å². The molecule has 152 valence electrons. The van der Waals surface area contributed by atoms with Gasteiger partial charge in [0.1, 0.15) is 5.60 Å². The molecule has 0 radical (unpaired) electrons. The molecule has 1 aliphatic heterocycles. The number of hydrogen-bond acceptors (Lipinski definition) is 5. The summed E-state index contributed by atoms with van der Waals surface area (Å²) in [4.78, 5) is 15.4. The summed E-state index contributed by atoms with van der Waals surface area (Å²) in [7, 11) is 0. The molecule has 1 fully saturated rings. The normalized spacial score (nSPS) is 16.7. The minimum atomic E-state index is -4.60. The smallest absolute Gasteiger partial charge is 0.416 e. The van der Waals surface area contributed by atoms with Crippen LogP contribution in [0.3, 0.4) is 0 Å². The van der Waals surface area contributed by atoms with Gasteiger partial charge >= 0.3 is 12.3 Å². The summed E-state index contributed by atoms with van der Waals surface area (Å²) in [5, 5.41) is 18.2. The van der Waals surface area contributed by atoms with Crippen LogP contribution in [-0.2, 0) is 17.5 Å². The van der Waals surface area contributed by atoms with Gasteiger partial charge in [-0.25, -0.2) is 4.79 Å². The maximum atomic E-state index is 13.3. The predicted octanol–water partition coefficient (Wildman–Crippen LogP) is 2.74. The third-order valence-electron chi connectivity index (χ3n) is 4.16. The van der Waals surface area contributed by atoms with E-state index in [1.54, 1.807) is 20.8 Å². The molecule has 9 heteroatoms. The Bertz CT molecular complexity index is 664. The molecule has 0 unspecified atom stereocenters. The minimum absolute atomic E-state index is 0.0534. The quantitative estimate of drug-likeness (QED) is 0.777. The fourth-order valence-electron chi connectivity index (χ4n) is 2.81. The van der Waals surface area contributed by atoms with Crippen LogP contribution in [0.5, 0.6) is 0 Å². The molecule has 0 saturated carbocycles. The van der Waals surface area contributed by atoms with Crippen LogP contribution in [0.4, 0.5) is 18.0 Å². The Hall–Kier alpha value is -1.84. The predicted molar refractivity (Wildman–Crippen MR) is 91.7 cm³/mol. The summed E-state index contributed by atoms with van der Waals surface area (Å²) >= 11 is 0. The Morgan fingerprint density at radius 2 is 1.74 bits per heavy atom. The molecule has 2 rings (SSSR count). The van der Waals surface area contributed by atoms with Crippen LogP contribution in [0.15, 0.2) is 18.2 Å². The van der Waals surface area contributed by atoms with Crippen LogP contribution in [-0.4, -0.2) is 57.9 Å². The van der Waals surface area contributed by atoms with E-state index >= 15 is 0 Å². The van der Waals surface area contributed by atoms with Crippen molar-refractivity contribution < 1.29 is 32.9 Å². The lowest BCUT2D eigenvalue weighted by atomic mass is 10.0. The first-order chi connectivity index (χ1) is 12.4. The number of carbonyl (C=O) groups excluding carboxylic acids is 1. The Morgan fingerprint density at radius 1 is 1.15 bits per heavy atom. The number of alkyl halides is 3. The molecular formula is C18H25F3N2O4. The molecule has 2 N–H and O–H groups in total. The van der Waals surface area contributed by atoms with Crippen molar-refractivity contribution in [3.05, 3.63) is 34.9 Å². The third kappa shape index (κ3) is 6.08. The van der Waals surface area contributed by atoms with Gasteiger partial charge < -0.3 is 19.8 Å². The van der Waals surface area contributed by atoms with E-state index in [0.717, 1.165) is 6.07 Å². The zero-order chi connectivity index (χ0) is 20.4. The Kier molecular flexibility index (Phi) is 6.39. The molecule has 0 aromatic heterocycles. The highest BCUT2D eigenvalue weighted by molar-refractivity contribution is 5.68. The van der Waals surface area contributed by atoms with Crippen molar-refractivity contribution in [2.75, 3.05) is 26.2 Å². The number of nitrogens with zero attached hydrogens (tertiary/aromatic N) is 2. The molecule has 0 spiro atoms. The molecule has 1 aromatic carbocycles. The largest absolute Gasteiger partial charge is 0.444 e. The number of piperazine rings is 1. The standard InChI is InChI=1S/C18H25F3N2O4/c1-17(2,3)27-16(26)23-8-6-22(7-9-23)11-13-5-4-12(15(24)25)10-14(13)18(19,20)21/h4-5,10,15,24-25H,6-9,11H2,1-3H3. The first kappa shape index (κ1) is 21.5. The number of carbonyl (C=O) groups is 1. The van der Waals surface area contributed by atoms with Crippen LogP contribution >= 0.6 is 0 Å². The molecule has 1 aromatic rings. The van der Waals surface area contributed by atoms with Gasteiger partial charge in [-0.15, -0.1) is 0 Å². The highest BCUT2D eigenvalue weighted by Gasteiger charge is 2.35. The van der Waals surface area contributed by atoms with Gasteiger partial charge in [0.15, 0.2) is 6.29 Å². The van der Waals surface area contributed by atoms with Gasteiger partial charge in [-0.05, 0) is 32.4 Å². The second-order valence-electron chi connectivity index (χ2n) is 7.53. The van der Waals surface area contributed by atoms with Crippen LogP contribution in [0, 0.1) is 0 Å². The van der Waals surface area contributed by atoms with Gasteiger partial charge in [0.05, 0.1) is 5.56 Å². The Balaban J connectivity index is 2.04. The summed E-state index contributed by atoms with van der Waals surface area (Å²) in [6.07, 6.45) is -6.99. The van der Waals surface area contributed by atoms with Crippen LogP contribution < -0.4 is 0 Å². The number of rotatable bonds is 3. The second-order valence-corrected chi connectivity index (χ2v) is 7.53. The molecular weight excluding hydrogens is 365 g/mol. The molecule has 6 nitrogen and oxygen atoms in total. The van der Waals surface area contributed by atoms with E-state index < -0.39 is 29.7 Å². The zero-order valence-corrected chi connectivity index (χ0v) is 15.6. The summed E-state index contributed by atoms with van der Waals surface area (Å²) < 4.78 is 45.3. The van der Waals surface area contributed by atoms with Crippen molar-refractivity contribution >= 4 is 6.09 Å². The van der Waals surface area contributed by atoms with Gasteiger partial charge in [0.25, 0.3) is 0 Å². The van der Waals surface area contributed by atoms with E-state index in [1.807, 2.05) is 4.90 Å².